The first-order valence-corrected chi connectivity index (χ1v) is 6.80. The molecular formula is C15H27NO. The molecule has 0 spiro atoms. The highest BCUT2D eigenvalue weighted by atomic mass is 16.1. The maximum absolute atomic E-state index is 11.5. The molecule has 0 saturated carbocycles. The van der Waals surface area contributed by atoms with Crippen molar-refractivity contribution in [3.8, 4) is 12.3 Å². The third kappa shape index (κ3) is 9.93. The Kier molecular flexibility index (Phi) is 8.58. The van der Waals surface area contributed by atoms with Gasteiger partial charge in [-0.2, -0.15) is 0 Å². The van der Waals surface area contributed by atoms with E-state index in [0.29, 0.717) is 6.42 Å². The largest absolute Gasteiger partial charge is 0.340 e. The number of hydrogen-bond acceptors (Lipinski definition) is 1. The summed E-state index contributed by atoms with van der Waals surface area (Å²) in [6, 6.07) is 0. The summed E-state index contributed by atoms with van der Waals surface area (Å²) in [6.45, 7) is 5.91. The summed E-state index contributed by atoms with van der Waals surface area (Å²) in [5.41, 5.74) is -0.516. The minimum absolute atomic E-state index is 0.0708. The van der Waals surface area contributed by atoms with Gasteiger partial charge in [0.25, 0.3) is 0 Å². The molecule has 1 N–H and O–H groups in total. The van der Waals surface area contributed by atoms with Gasteiger partial charge >= 0.3 is 0 Å². The molecule has 17 heavy (non-hydrogen) atoms. The molecule has 0 aliphatic carbocycles. The van der Waals surface area contributed by atoms with Crippen molar-refractivity contribution in [2.45, 2.75) is 77.7 Å². The van der Waals surface area contributed by atoms with E-state index in [1.54, 1.807) is 0 Å². The zero-order valence-electron chi connectivity index (χ0n) is 11.6. The van der Waals surface area contributed by atoms with Gasteiger partial charge in [-0.1, -0.05) is 51.4 Å². The second-order valence-corrected chi connectivity index (χ2v) is 5.19. The lowest BCUT2D eigenvalue weighted by Crippen LogP contribution is -2.41. The lowest BCUT2D eigenvalue weighted by Gasteiger charge is -2.19. The zero-order chi connectivity index (χ0) is 13.1. The van der Waals surface area contributed by atoms with E-state index >= 15 is 0 Å². The van der Waals surface area contributed by atoms with Crippen LogP contribution in [-0.4, -0.2) is 11.4 Å². The van der Waals surface area contributed by atoms with Crippen LogP contribution in [0.3, 0.4) is 0 Å². The topological polar surface area (TPSA) is 29.1 Å². The van der Waals surface area contributed by atoms with Crippen molar-refractivity contribution in [2.24, 2.45) is 0 Å². The molecule has 0 radical (unpaired) electrons. The van der Waals surface area contributed by atoms with Crippen LogP contribution in [0.2, 0.25) is 0 Å². The van der Waals surface area contributed by atoms with Gasteiger partial charge in [0, 0.05) is 6.42 Å². The van der Waals surface area contributed by atoms with Crippen LogP contribution in [0.4, 0.5) is 0 Å². The van der Waals surface area contributed by atoms with Gasteiger partial charge < -0.3 is 5.32 Å². The summed E-state index contributed by atoms with van der Waals surface area (Å²) in [5.74, 6) is 2.64. The maximum Gasteiger partial charge on any atom is 0.221 e. The van der Waals surface area contributed by atoms with E-state index in [1.807, 2.05) is 13.8 Å². The highest BCUT2D eigenvalue weighted by Gasteiger charge is 2.15. The molecule has 0 aliphatic rings. The fourth-order valence-corrected chi connectivity index (χ4v) is 1.69. The number of nitrogens with one attached hydrogen (secondary N) is 1. The molecule has 0 fully saturated rings. The number of carbonyl (C=O) groups is 1. The molecular weight excluding hydrogens is 210 g/mol. The van der Waals surface area contributed by atoms with Gasteiger partial charge in [0.05, 0.1) is 5.54 Å². The first kappa shape index (κ1) is 16.0. The second kappa shape index (κ2) is 9.10. The molecule has 0 bridgehead atoms. The van der Waals surface area contributed by atoms with Crippen molar-refractivity contribution in [2.75, 3.05) is 0 Å². The van der Waals surface area contributed by atoms with Crippen LogP contribution < -0.4 is 5.32 Å². The number of rotatable bonds is 9. The van der Waals surface area contributed by atoms with E-state index in [9.17, 15) is 4.79 Å². The second-order valence-electron chi connectivity index (χ2n) is 5.19. The van der Waals surface area contributed by atoms with Gasteiger partial charge in [-0.05, 0) is 20.3 Å². The Morgan fingerprint density at radius 2 is 1.65 bits per heavy atom. The monoisotopic (exact) mass is 237 g/mol. The van der Waals surface area contributed by atoms with Crippen LogP contribution in [0.1, 0.15) is 72.1 Å². The summed E-state index contributed by atoms with van der Waals surface area (Å²) < 4.78 is 0. The quantitative estimate of drug-likeness (QED) is 0.481. The number of amides is 1. The standard InChI is InChI=1S/C15H27NO/c1-5-7-8-9-10-11-12-13-14(17)16-15(3,4)6-2/h2H,5,7-13H2,1,3-4H3,(H,16,17). The van der Waals surface area contributed by atoms with Crippen molar-refractivity contribution < 1.29 is 4.79 Å². The third-order valence-electron chi connectivity index (χ3n) is 2.82. The van der Waals surface area contributed by atoms with E-state index in [1.165, 1.54) is 32.1 Å². The predicted molar refractivity (Wildman–Crippen MR) is 73.7 cm³/mol. The fraction of sp³-hybridized carbons (Fsp3) is 0.800. The Balaban J connectivity index is 3.44. The summed E-state index contributed by atoms with van der Waals surface area (Å²) in [7, 11) is 0. The highest BCUT2D eigenvalue weighted by Crippen LogP contribution is 2.09. The molecule has 0 saturated heterocycles. The van der Waals surface area contributed by atoms with Gasteiger partial charge in [0.2, 0.25) is 5.91 Å². The Labute approximate surface area is 107 Å². The molecule has 0 rings (SSSR count). The summed E-state index contributed by atoms with van der Waals surface area (Å²) in [6.07, 6.45) is 14.5. The Bertz CT molecular complexity index is 250. The third-order valence-corrected chi connectivity index (χ3v) is 2.82. The smallest absolute Gasteiger partial charge is 0.221 e. The first-order chi connectivity index (χ1) is 8.02. The van der Waals surface area contributed by atoms with Gasteiger partial charge in [0.1, 0.15) is 0 Å². The number of carbonyl (C=O) groups excluding carboxylic acids is 1. The van der Waals surface area contributed by atoms with Crippen LogP contribution in [0.15, 0.2) is 0 Å². The van der Waals surface area contributed by atoms with E-state index in [0.717, 1.165) is 12.8 Å². The molecule has 0 aromatic rings. The van der Waals surface area contributed by atoms with Gasteiger partial charge in [-0.3, -0.25) is 4.79 Å². The lowest BCUT2D eigenvalue weighted by molar-refractivity contribution is -0.122. The minimum Gasteiger partial charge on any atom is -0.340 e. The van der Waals surface area contributed by atoms with Crippen molar-refractivity contribution in [3.63, 3.8) is 0 Å². The van der Waals surface area contributed by atoms with Crippen molar-refractivity contribution in [1.29, 1.82) is 0 Å². The Morgan fingerprint density at radius 3 is 2.18 bits per heavy atom. The fourth-order valence-electron chi connectivity index (χ4n) is 1.69. The minimum atomic E-state index is -0.516. The van der Waals surface area contributed by atoms with Crippen LogP contribution in [0.25, 0.3) is 0 Å². The Morgan fingerprint density at radius 1 is 1.12 bits per heavy atom. The van der Waals surface area contributed by atoms with Crippen LogP contribution in [-0.2, 0) is 4.79 Å². The number of hydrogen-bond donors (Lipinski definition) is 1. The molecule has 1 amide bonds. The normalized spacial score (nSPS) is 10.9. The molecule has 0 aliphatic heterocycles. The summed E-state index contributed by atoms with van der Waals surface area (Å²) >= 11 is 0. The molecule has 98 valence electrons. The molecule has 0 atom stereocenters. The van der Waals surface area contributed by atoms with Crippen molar-refractivity contribution >= 4 is 5.91 Å². The summed E-state index contributed by atoms with van der Waals surface area (Å²) in [5, 5.41) is 2.84. The Hall–Kier alpha value is -0.970. The maximum atomic E-state index is 11.5. The van der Waals surface area contributed by atoms with Gasteiger partial charge in [0.15, 0.2) is 0 Å². The molecule has 2 heteroatoms. The zero-order valence-corrected chi connectivity index (χ0v) is 11.6. The lowest BCUT2D eigenvalue weighted by atomic mass is 10.1. The van der Waals surface area contributed by atoms with E-state index in [4.69, 9.17) is 6.42 Å². The van der Waals surface area contributed by atoms with Crippen molar-refractivity contribution in [1.82, 2.24) is 5.32 Å². The molecule has 0 aromatic heterocycles. The molecule has 2 nitrogen and oxygen atoms in total. The average molecular weight is 237 g/mol. The van der Waals surface area contributed by atoms with Crippen molar-refractivity contribution in [3.05, 3.63) is 0 Å². The molecule has 0 heterocycles. The predicted octanol–water partition coefficient (Wildman–Crippen LogP) is 3.66. The highest BCUT2D eigenvalue weighted by molar-refractivity contribution is 5.77. The van der Waals surface area contributed by atoms with E-state index < -0.39 is 5.54 Å². The summed E-state index contributed by atoms with van der Waals surface area (Å²) in [4.78, 5) is 11.5. The number of terminal acetylenes is 1. The van der Waals surface area contributed by atoms with E-state index in [2.05, 4.69) is 18.2 Å². The van der Waals surface area contributed by atoms with Crippen LogP contribution in [0.5, 0.6) is 0 Å². The first-order valence-electron chi connectivity index (χ1n) is 6.80. The van der Waals surface area contributed by atoms with Crippen LogP contribution in [0, 0.1) is 12.3 Å². The number of unbranched alkanes of at least 4 members (excludes halogenated alkanes) is 6. The average Bonchev–Trinajstić information content (AvgIpc) is 2.27. The van der Waals surface area contributed by atoms with Gasteiger partial charge in [-0.15, -0.1) is 6.42 Å². The molecule has 0 aromatic carbocycles. The van der Waals surface area contributed by atoms with Gasteiger partial charge in [-0.25, -0.2) is 0 Å². The van der Waals surface area contributed by atoms with E-state index in [-0.39, 0.29) is 5.91 Å². The SMILES string of the molecule is C#CC(C)(C)NC(=O)CCCCCCCCC. The van der Waals surface area contributed by atoms with Crippen LogP contribution >= 0.6 is 0 Å². The molecule has 0 unspecified atom stereocenters.